The van der Waals surface area contributed by atoms with Crippen molar-refractivity contribution in [2.75, 3.05) is 74.1 Å². The zero-order valence-electron chi connectivity index (χ0n) is 19.8. The van der Waals surface area contributed by atoms with E-state index < -0.39 is 0 Å². The molecule has 8 nitrogen and oxygen atoms in total. The normalized spacial score (nSPS) is 18.9. The lowest BCUT2D eigenvalue weighted by atomic mass is 10.00. The molecule has 5 rings (SSSR count). The van der Waals surface area contributed by atoms with Gasteiger partial charge in [0.2, 0.25) is 5.95 Å². The molecule has 2 fully saturated rings. The number of fused-ring (bicyclic) bond motifs is 1. The molecule has 1 aromatic carbocycles. The molecule has 0 amide bonds. The first-order chi connectivity index (χ1) is 16.7. The molecule has 2 N–H and O–H groups in total. The van der Waals surface area contributed by atoms with Gasteiger partial charge in [0.15, 0.2) is 5.11 Å². The lowest BCUT2D eigenvalue weighted by molar-refractivity contribution is 0.0389. The summed E-state index contributed by atoms with van der Waals surface area (Å²) in [6, 6.07) is 10.9. The van der Waals surface area contributed by atoms with E-state index in [1.807, 2.05) is 0 Å². The highest BCUT2D eigenvalue weighted by Crippen LogP contribution is 2.28. The van der Waals surface area contributed by atoms with Crippen LogP contribution in [-0.4, -0.2) is 79.0 Å². The summed E-state index contributed by atoms with van der Waals surface area (Å²) in [5.41, 5.74) is 2.81. The van der Waals surface area contributed by atoms with Crippen molar-refractivity contribution in [3.05, 3.63) is 41.5 Å². The van der Waals surface area contributed by atoms with Gasteiger partial charge in [-0.3, -0.25) is 4.90 Å². The Balaban J connectivity index is 1.28. The third-order valence-electron chi connectivity index (χ3n) is 6.88. The van der Waals surface area contributed by atoms with Crippen LogP contribution in [0, 0.1) is 0 Å². The molecule has 34 heavy (non-hydrogen) atoms. The summed E-state index contributed by atoms with van der Waals surface area (Å²) in [5.74, 6) is 2.52. The fraction of sp³-hybridized carbons (Fsp3) is 0.560. The summed E-state index contributed by atoms with van der Waals surface area (Å²) in [6.45, 7) is 9.21. The number of morpholine rings is 1. The first-order valence-corrected chi connectivity index (χ1v) is 13.0. The molecule has 9 heteroatoms. The lowest BCUT2D eigenvalue weighted by Gasteiger charge is -2.32. The van der Waals surface area contributed by atoms with Crippen LogP contribution in [0.5, 0.6) is 0 Å². The van der Waals surface area contributed by atoms with E-state index in [1.165, 1.54) is 30.4 Å². The predicted molar refractivity (Wildman–Crippen MR) is 141 cm³/mol. The van der Waals surface area contributed by atoms with Crippen LogP contribution < -0.4 is 20.4 Å². The maximum Gasteiger partial charge on any atom is 0.232 e. The SMILES string of the molecule is S=C(NCCN1CCOCC1)Nc1nc(N2CCCCC2)cc(N2CCc3ccccc3C2)n1. The number of benzene rings is 1. The van der Waals surface area contributed by atoms with E-state index in [4.69, 9.17) is 26.9 Å². The van der Waals surface area contributed by atoms with Crippen LogP contribution in [0.1, 0.15) is 30.4 Å². The summed E-state index contributed by atoms with van der Waals surface area (Å²) in [7, 11) is 0. The average molecular weight is 482 g/mol. The molecule has 0 spiro atoms. The van der Waals surface area contributed by atoms with Crippen molar-refractivity contribution in [3.63, 3.8) is 0 Å². The number of hydrogen-bond acceptors (Lipinski definition) is 7. The number of rotatable bonds is 6. The van der Waals surface area contributed by atoms with E-state index in [1.54, 1.807) is 0 Å². The molecule has 3 aliphatic heterocycles. The Bertz CT molecular complexity index is 975. The van der Waals surface area contributed by atoms with Crippen LogP contribution in [0.2, 0.25) is 0 Å². The maximum atomic E-state index is 5.58. The third kappa shape index (κ3) is 5.95. The van der Waals surface area contributed by atoms with E-state index in [-0.39, 0.29) is 0 Å². The Morgan fingerprint density at radius 2 is 1.65 bits per heavy atom. The zero-order chi connectivity index (χ0) is 23.2. The molecule has 2 saturated heterocycles. The lowest BCUT2D eigenvalue weighted by Crippen LogP contribution is -2.42. The molecule has 182 valence electrons. The first kappa shape index (κ1) is 23.3. The van der Waals surface area contributed by atoms with Gasteiger partial charge in [-0.25, -0.2) is 0 Å². The highest BCUT2D eigenvalue weighted by atomic mass is 32.1. The fourth-order valence-electron chi connectivity index (χ4n) is 4.91. The van der Waals surface area contributed by atoms with Gasteiger partial charge in [-0.15, -0.1) is 0 Å². The number of aromatic nitrogens is 2. The summed E-state index contributed by atoms with van der Waals surface area (Å²) in [5, 5.41) is 7.15. The number of anilines is 3. The number of nitrogens with one attached hydrogen (secondary N) is 2. The van der Waals surface area contributed by atoms with Crippen LogP contribution in [-0.2, 0) is 17.7 Å². The summed E-state index contributed by atoms with van der Waals surface area (Å²) < 4.78 is 5.42. The summed E-state index contributed by atoms with van der Waals surface area (Å²) in [4.78, 5) is 16.9. The van der Waals surface area contributed by atoms with Gasteiger partial charge in [0.25, 0.3) is 0 Å². The van der Waals surface area contributed by atoms with Gasteiger partial charge < -0.3 is 25.2 Å². The van der Waals surface area contributed by atoms with E-state index in [0.29, 0.717) is 11.1 Å². The van der Waals surface area contributed by atoms with Gasteiger partial charge in [-0.1, -0.05) is 24.3 Å². The van der Waals surface area contributed by atoms with E-state index in [9.17, 15) is 0 Å². The van der Waals surface area contributed by atoms with Gasteiger partial charge >= 0.3 is 0 Å². The van der Waals surface area contributed by atoms with Crippen molar-refractivity contribution in [1.82, 2.24) is 20.2 Å². The Hall–Kier alpha value is -2.49. The van der Waals surface area contributed by atoms with Crippen LogP contribution in [0.15, 0.2) is 30.3 Å². The molecule has 0 saturated carbocycles. The summed E-state index contributed by atoms with van der Waals surface area (Å²) >= 11 is 5.58. The topological polar surface area (TPSA) is 68.8 Å². The molecular formula is C25H35N7OS. The van der Waals surface area contributed by atoms with E-state index in [2.05, 4.69) is 55.7 Å². The van der Waals surface area contributed by atoms with Crippen molar-refractivity contribution in [2.45, 2.75) is 32.2 Å². The maximum absolute atomic E-state index is 5.58. The third-order valence-corrected chi connectivity index (χ3v) is 7.12. The van der Waals surface area contributed by atoms with Crippen molar-refractivity contribution >= 4 is 34.9 Å². The minimum Gasteiger partial charge on any atom is -0.379 e. The second kappa shape index (κ2) is 11.3. The molecule has 0 unspecified atom stereocenters. The largest absolute Gasteiger partial charge is 0.379 e. The Morgan fingerprint density at radius 3 is 2.44 bits per heavy atom. The zero-order valence-corrected chi connectivity index (χ0v) is 20.7. The molecular weight excluding hydrogens is 446 g/mol. The van der Waals surface area contributed by atoms with Crippen LogP contribution in [0.3, 0.4) is 0 Å². The molecule has 3 aliphatic rings. The second-order valence-electron chi connectivity index (χ2n) is 9.23. The number of ether oxygens (including phenoxy) is 1. The molecule has 2 aromatic rings. The minimum atomic E-state index is 0.569. The molecule has 1 aromatic heterocycles. The average Bonchev–Trinajstić information content (AvgIpc) is 2.89. The van der Waals surface area contributed by atoms with Gasteiger partial charge in [0.05, 0.1) is 13.2 Å². The van der Waals surface area contributed by atoms with Crippen molar-refractivity contribution in [1.29, 1.82) is 0 Å². The molecule has 0 bridgehead atoms. The van der Waals surface area contributed by atoms with Gasteiger partial charge in [-0.05, 0) is 49.0 Å². The molecule has 0 atom stereocenters. The van der Waals surface area contributed by atoms with Gasteiger partial charge in [-0.2, -0.15) is 9.97 Å². The van der Waals surface area contributed by atoms with E-state index >= 15 is 0 Å². The quantitative estimate of drug-likeness (QED) is 0.606. The van der Waals surface area contributed by atoms with Crippen LogP contribution >= 0.6 is 12.2 Å². The minimum absolute atomic E-state index is 0.569. The van der Waals surface area contributed by atoms with Gasteiger partial charge in [0.1, 0.15) is 11.6 Å². The Morgan fingerprint density at radius 1 is 0.912 bits per heavy atom. The van der Waals surface area contributed by atoms with Crippen LogP contribution in [0.4, 0.5) is 17.6 Å². The smallest absolute Gasteiger partial charge is 0.232 e. The van der Waals surface area contributed by atoms with E-state index in [0.717, 1.165) is 83.6 Å². The monoisotopic (exact) mass is 481 g/mol. The van der Waals surface area contributed by atoms with Crippen LogP contribution in [0.25, 0.3) is 0 Å². The summed E-state index contributed by atoms with van der Waals surface area (Å²) in [6.07, 6.45) is 4.74. The molecule has 0 aliphatic carbocycles. The number of hydrogen-bond donors (Lipinski definition) is 2. The number of piperidine rings is 1. The number of nitrogens with zero attached hydrogens (tertiary/aromatic N) is 5. The Kier molecular flexibility index (Phi) is 7.72. The highest BCUT2D eigenvalue weighted by molar-refractivity contribution is 7.80. The first-order valence-electron chi connectivity index (χ1n) is 12.6. The van der Waals surface area contributed by atoms with Crippen molar-refractivity contribution in [2.24, 2.45) is 0 Å². The predicted octanol–water partition coefficient (Wildman–Crippen LogP) is 2.65. The fourth-order valence-corrected chi connectivity index (χ4v) is 5.11. The number of thiocarbonyl (C=S) groups is 1. The molecule has 0 radical (unpaired) electrons. The second-order valence-corrected chi connectivity index (χ2v) is 9.64. The molecule has 4 heterocycles. The van der Waals surface area contributed by atoms with Crippen molar-refractivity contribution < 1.29 is 4.74 Å². The van der Waals surface area contributed by atoms with Gasteiger partial charge in [0, 0.05) is 58.4 Å². The van der Waals surface area contributed by atoms with Crippen molar-refractivity contribution in [3.8, 4) is 0 Å². The highest BCUT2D eigenvalue weighted by Gasteiger charge is 2.21. The standard InChI is InChI=1S/C25H35N7OS/c34-25(26-9-13-30-14-16-33-17-15-30)29-24-27-22(31-10-4-1-5-11-31)18-23(28-24)32-12-8-20-6-2-3-7-21(20)19-32/h2-3,6-7,18H,1,4-5,8-17,19H2,(H2,26,27,28,29,34). The Labute approximate surface area is 207 Å².